The molecule has 4 heterocycles. The zero-order chi connectivity index (χ0) is 22.1. The summed E-state index contributed by atoms with van der Waals surface area (Å²) >= 11 is 5.01. The van der Waals surface area contributed by atoms with Crippen molar-refractivity contribution in [1.29, 1.82) is 0 Å². The fourth-order valence-electron chi connectivity index (χ4n) is 2.98. The number of amides is 2. The van der Waals surface area contributed by atoms with Gasteiger partial charge in [-0.1, -0.05) is 28.3 Å². The number of hydrogen-bond donors (Lipinski definition) is 3. The van der Waals surface area contributed by atoms with Crippen LogP contribution in [0.25, 0.3) is 0 Å². The Morgan fingerprint density at radius 3 is 2.81 bits per heavy atom. The molecule has 2 amide bonds. The second-order valence-electron chi connectivity index (χ2n) is 6.11. The maximum atomic E-state index is 12.7. The van der Waals surface area contributed by atoms with Gasteiger partial charge in [0, 0.05) is 16.9 Å². The number of hydrogen-bond acceptors (Lipinski definition) is 14. The monoisotopic (exact) mass is 521 g/mol. The quantitative estimate of drug-likeness (QED) is 0.0804. The Hall–Kier alpha value is -1.69. The number of carboxylic acid groups (broad SMARTS) is 1. The van der Waals surface area contributed by atoms with Crippen molar-refractivity contribution in [3.63, 3.8) is 0 Å². The van der Waals surface area contributed by atoms with Gasteiger partial charge in [0.15, 0.2) is 15.2 Å². The number of nitrogens with one attached hydrogen (secondary N) is 1. The van der Waals surface area contributed by atoms with Crippen molar-refractivity contribution in [2.24, 2.45) is 5.16 Å². The molecule has 0 aliphatic carbocycles. The van der Waals surface area contributed by atoms with Crippen molar-refractivity contribution in [1.82, 2.24) is 25.4 Å². The largest absolute Gasteiger partial charge is 1.00 e. The number of rotatable bonds is 7. The molecule has 162 valence electrons. The van der Waals surface area contributed by atoms with Crippen molar-refractivity contribution in [3.8, 4) is 0 Å². The minimum Gasteiger partial charge on any atom is -0.543 e. The standard InChI is InChI=1S/C15H13N7O5S4.Na/c16-14-18-6(3-29-14)7(21-27)10(23)19-8-11(24)22-9(13(25)26)5(1-28-12(8)22)2-30-15-20-17-4-31-15;/h3-4,8,12,27H,1-2H2,(H2,16,18)(H,19,23)(H,25,26);/q;+1/p-1/b21-7-;/t8-,12-;/m1./s1. The van der Waals surface area contributed by atoms with E-state index < -0.39 is 34.9 Å². The second-order valence-corrected chi connectivity index (χ2v) is 10.2. The number of thiazole rings is 1. The van der Waals surface area contributed by atoms with Gasteiger partial charge in [-0.15, -0.1) is 33.3 Å². The predicted octanol–water partition coefficient (Wildman–Crippen LogP) is -4.04. The molecule has 0 radical (unpaired) electrons. The van der Waals surface area contributed by atoms with Crippen LogP contribution in [-0.4, -0.2) is 71.7 Å². The summed E-state index contributed by atoms with van der Waals surface area (Å²) < 4.78 is 0.677. The molecule has 0 bridgehead atoms. The van der Waals surface area contributed by atoms with Gasteiger partial charge in [-0.05, 0) is 5.57 Å². The fourth-order valence-corrected chi connectivity index (χ4v) is 6.50. The normalized spacial score (nSPS) is 20.3. The Balaban J connectivity index is 0.00000289. The first-order valence-electron chi connectivity index (χ1n) is 8.42. The summed E-state index contributed by atoms with van der Waals surface area (Å²) in [5, 5.41) is 35.0. The molecule has 32 heavy (non-hydrogen) atoms. The Labute approximate surface area is 219 Å². The average Bonchev–Trinajstić information content (AvgIpc) is 3.42. The van der Waals surface area contributed by atoms with Crippen LogP contribution in [0.3, 0.4) is 0 Å². The van der Waals surface area contributed by atoms with Gasteiger partial charge < -0.3 is 26.2 Å². The Bertz CT molecular complexity index is 1110. The van der Waals surface area contributed by atoms with Gasteiger partial charge in [0.1, 0.15) is 22.6 Å². The van der Waals surface area contributed by atoms with Gasteiger partial charge in [-0.25, -0.2) is 4.98 Å². The molecular formula is C15H12N7NaO5S4. The maximum absolute atomic E-state index is 12.7. The fraction of sp³-hybridized carbons (Fsp3) is 0.267. The summed E-state index contributed by atoms with van der Waals surface area (Å²) in [5.74, 6) is -2.25. The van der Waals surface area contributed by atoms with Crippen LogP contribution in [0, 0.1) is 0 Å². The van der Waals surface area contributed by atoms with E-state index in [1.165, 1.54) is 40.2 Å². The molecule has 2 aromatic heterocycles. The first-order chi connectivity index (χ1) is 14.9. The van der Waals surface area contributed by atoms with E-state index in [9.17, 15) is 24.7 Å². The molecule has 2 aromatic rings. The summed E-state index contributed by atoms with van der Waals surface area (Å²) in [6, 6.07) is -0.989. The van der Waals surface area contributed by atoms with Crippen molar-refractivity contribution < 1.29 is 54.3 Å². The number of carbonyl (C=O) groups is 3. The average molecular weight is 522 g/mol. The number of aromatic nitrogens is 3. The number of β-lactam (4-membered cyclic amide) rings is 1. The summed E-state index contributed by atoms with van der Waals surface area (Å²) in [5.41, 5.74) is 7.09. The van der Waals surface area contributed by atoms with Gasteiger partial charge in [0.25, 0.3) is 11.8 Å². The molecule has 1 fully saturated rings. The van der Waals surface area contributed by atoms with Crippen molar-refractivity contribution in [2.75, 3.05) is 17.2 Å². The molecular weight excluding hydrogens is 509 g/mol. The predicted molar refractivity (Wildman–Crippen MR) is 113 cm³/mol. The van der Waals surface area contributed by atoms with Crippen LogP contribution < -0.4 is 45.7 Å². The number of nitrogens with zero attached hydrogens (tertiary/aromatic N) is 5. The summed E-state index contributed by atoms with van der Waals surface area (Å²) in [6.07, 6.45) is 0. The number of thioether (sulfide) groups is 2. The van der Waals surface area contributed by atoms with Crippen LogP contribution >= 0.6 is 46.2 Å². The molecule has 2 aliphatic heterocycles. The van der Waals surface area contributed by atoms with E-state index in [1.807, 2.05) is 0 Å². The molecule has 0 aromatic carbocycles. The van der Waals surface area contributed by atoms with E-state index in [0.717, 1.165) is 16.2 Å². The van der Waals surface area contributed by atoms with Crippen LogP contribution in [-0.2, 0) is 14.4 Å². The van der Waals surface area contributed by atoms with Gasteiger partial charge in [0.2, 0.25) is 0 Å². The van der Waals surface area contributed by atoms with E-state index in [0.29, 0.717) is 21.4 Å². The van der Waals surface area contributed by atoms with Crippen LogP contribution in [0.15, 0.2) is 31.7 Å². The van der Waals surface area contributed by atoms with Crippen LogP contribution in [0.1, 0.15) is 5.69 Å². The molecule has 2 atom stereocenters. The number of carboxylic acids is 1. The Kier molecular flexibility index (Phi) is 8.18. The van der Waals surface area contributed by atoms with E-state index in [4.69, 9.17) is 5.73 Å². The maximum Gasteiger partial charge on any atom is 1.00 e. The number of aliphatic carboxylic acids is 1. The third-order valence-corrected chi connectivity index (χ3v) is 8.28. The van der Waals surface area contributed by atoms with Gasteiger partial charge in [0.05, 0.1) is 11.7 Å². The SMILES string of the molecule is Nc1nc(/C(=N/O)C(=O)N[C@@H]2C(=O)N3C(C(=O)[O-])=C(CSc4nncs4)CS[C@H]23)cs1.[Na+]. The molecule has 1 saturated heterocycles. The van der Waals surface area contributed by atoms with Crippen molar-refractivity contribution in [2.45, 2.75) is 15.8 Å². The van der Waals surface area contributed by atoms with Crippen molar-refractivity contribution in [3.05, 3.63) is 27.9 Å². The number of carbonyl (C=O) groups excluding carboxylic acids is 3. The first-order valence-corrected chi connectivity index (χ1v) is 12.2. The number of nitrogen functional groups attached to an aromatic ring is 1. The number of fused-ring (bicyclic) bond motifs is 1. The molecule has 0 saturated carbocycles. The van der Waals surface area contributed by atoms with Gasteiger partial charge in [-0.2, -0.15) is 0 Å². The molecule has 12 nitrogen and oxygen atoms in total. The number of oxime groups is 1. The van der Waals surface area contributed by atoms with Crippen LogP contribution in [0.4, 0.5) is 5.13 Å². The third kappa shape index (κ3) is 4.80. The molecule has 0 unspecified atom stereocenters. The summed E-state index contributed by atoms with van der Waals surface area (Å²) in [4.78, 5) is 42.0. The van der Waals surface area contributed by atoms with Gasteiger partial charge >= 0.3 is 29.6 Å². The number of anilines is 1. The topological polar surface area (TPSA) is 187 Å². The van der Waals surface area contributed by atoms with Crippen LogP contribution in [0.5, 0.6) is 0 Å². The molecule has 2 aliphatic rings. The molecule has 4 N–H and O–H groups in total. The summed E-state index contributed by atoms with van der Waals surface area (Å²) in [6.45, 7) is 0. The van der Waals surface area contributed by atoms with Crippen LogP contribution in [0.2, 0.25) is 0 Å². The zero-order valence-corrected chi connectivity index (χ0v) is 21.5. The van der Waals surface area contributed by atoms with E-state index in [-0.39, 0.29) is 46.1 Å². The molecule has 17 heteroatoms. The third-order valence-electron chi connectivity index (χ3n) is 4.32. The summed E-state index contributed by atoms with van der Waals surface area (Å²) in [7, 11) is 0. The van der Waals surface area contributed by atoms with E-state index in [2.05, 4.69) is 25.7 Å². The smallest absolute Gasteiger partial charge is 0.543 e. The molecule has 4 rings (SSSR count). The zero-order valence-electron chi connectivity index (χ0n) is 16.3. The Morgan fingerprint density at radius 1 is 1.44 bits per heavy atom. The minimum absolute atomic E-state index is 0. The van der Waals surface area contributed by atoms with E-state index >= 15 is 0 Å². The second kappa shape index (κ2) is 10.5. The Morgan fingerprint density at radius 2 is 2.22 bits per heavy atom. The molecule has 0 spiro atoms. The minimum atomic E-state index is -1.47. The number of nitrogens with two attached hydrogens (primary N) is 1. The van der Waals surface area contributed by atoms with Gasteiger partial charge in [-0.3, -0.25) is 14.5 Å². The van der Waals surface area contributed by atoms with Crippen molar-refractivity contribution >= 4 is 74.8 Å². The van der Waals surface area contributed by atoms with E-state index in [1.54, 1.807) is 5.51 Å². The first kappa shape index (κ1) is 24.9.